The number of nitrogens with two attached hydrogens (primary N) is 1. The molecule has 2 N–H and O–H groups in total. The first-order valence-electron chi connectivity index (χ1n) is 8.28. The fourth-order valence-electron chi connectivity index (χ4n) is 3.09. The first-order valence-corrected chi connectivity index (χ1v) is 8.28. The van der Waals surface area contributed by atoms with Gasteiger partial charge in [-0.05, 0) is 49.8 Å². The van der Waals surface area contributed by atoms with Crippen LogP contribution < -0.4 is 15.2 Å². The summed E-state index contributed by atoms with van der Waals surface area (Å²) in [4.78, 5) is 14.4. The summed E-state index contributed by atoms with van der Waals surface area (Å²) in [6.45, 7) is 3.67. The second-order valence-electron chi connectivity index (χ2n) is 6.32. The fourth-order valence-corrected chi connectivity index (χ4v) is 3.09. The number of benzene rings is 1. The highest BCUT2D eigenvalue weighted by molar-refractivity contribution is 5.85. The summed E-state index contributed by atoms with van der Waals surface area (Å²) in [5.41, 5.74) is 7.04. The van der Waals surface area contributed by atoms with Crippen LogP contribution in [-0.4, -0.2) is 44.2 Å². The average Bonchev–Trinajstić information content (AvgIpc) is 2.59. The number of carbonyl (C=O) groups excluding carboxylic acids is 1. The number of carbonyl (C=O) groups is 1. The Morgan fingerprint density at radius 2 is 1.92 bits per heavy atom. The lowest BCUT2D eigenvalue weighted by atomic mass is 9.92. The molecule has 136 valence electrons. The molecule has 24 heavy (non-hydrogen) atoms. The van der Waals surface area contributed by atoms with Crippen LogP contribution in [0, 0.1) is 5.92 Å². The molecule has 1 aliphatic rings. The molecule has 1 aliphatic heterocycles. The summed E-state index contributed by atoms with van der Waals surface area (Å²) >= 11 is 0. The Kier molecular flexibility index (Phi) is 8.36. The van der Waals surface area contributed by atoms with Crippen LogP contribution in [0.25, 0.3) is 0 Å². The lowest BCUT2D eigenvalue weighted by Gasteiger charge is -2.34. The second kappa shape index (κ2) is 9.74. The molecule has 1 fully saturated rings. The number of likely N-dealkylation sites (tertiary alicyclic amines) is 1. The molecule has 1 amide bonds. The summed E-state index contributed by atoms with van der Waals surface area (Å²) in [5.74, 6) is 2.13. The van der Waals surface area contributed by atoms with E-state index >= 15 is 0 Å². The van der Waals surface area contributed by atoms with Crippen LogP contribution >= 0.6 is 12.4 Å². The second-order valence-corrected chi connectivity index (χ2v) is 6.32. The van der Waals surface area contributed by atoms with Gasteiger partial charge in [0, 0.05) is 31.6 Å². The van der Waals surface area contributed by atoms with Crippen molar-refractivity contribution in [3.8, 4) is 11.5 Å². The van der Waals surface area contributed by atoms with Gasteiger partial charge < -0.3 is 20.1 Å². The number of hydrogen-bond acceptors (Lipinski definition) is 4. The van der Waals surface area contributed by atoms with Gasteiger partial charge in [-0.25, -0.2) is 0 Å². The minimum atomic E-state index is 0. The number of rotatable bonds is 6. The van der Waals surface area contributed by atoms with E-state index in [0.717, 1.165) is 43.0 Å². The predicted molar refractivity (Wildman–Crippen MR) is 98.1 cm³/mol. The van der Waals surface area contributed by atoms with Crippen molar-refractivity contribution in [3.63, 3.8) is 0 Å². The summed E-state index contributed by atoms with van der Waals surface area (Å²) in [6.07, 6.45) is 3.35. The number of nitrogens with zero attached hydrogens (tertiary/aromatic N) is 1. The zero-order valence-corrected chi connectivity index (χ0v) is 15.6. The Morgan fingerprint density at radius 3 is 2.46 bits per heavy atom. The Morgan fingerprint density at radius 1 is 1.29 bits per heavy atom. The third-order valence-corrected chi connectivity index (χ3v) is 4.59. The Bertz CT molecular complexity index is 515. The highest BCUT2D eigenvalue weighted by atomic mass is 35.5. The van der Waals surface area contributed by atoms with Gasteiger partial charge >= 0.3 is 0 Å². The van der Waals surface area contributed by atoms with Crippen LogP contribution in [0.2, 0.25) is 0 Å². The quantitative estimate of drug-likeness (QED) is 0.851. The van der Waals surface area contributed by atoms with Crippen LogP contribution in [0.4, 0.5) is 0 Å². The lowest BCUT2D eigenvalue weighted by Crippen LogP contribution is -2.45. The van der Waals surface area contributed by atoms with Gasteiger partial charge in [-0.2, -0.15) is 0 Å². The number of halogens is 1. The van der Waals surface area contributed by atoms with Crippen molar-refractivity contribution in [2.45, 2.75) is 38.6 Å². The minimum absolute atomic E-state index is 0. The van der Waals surface area contributed by atoms with Gasteiger partial charge in [-0.15, -0.1) is 12.4 Å². The number of piperidine rings is 1. The van der Waals surface area contributed by atoms with Crippen LogP contribution in [0.1, 0.15) is 31.7 Å². The van der Waals surface area contributed by atoms with E-state index in [4.69, 9.17) is 15.2 Å². The molecule has 2 unspecified atom stereocenters. The van der Waals surface area contributed by atoms with Crippen LogP contribution in [0.3, 0.4) is 0 Å². The smallest absolute Gasteiger partial charge is 0.222 e. The summed E-state index contributed by atoms with van der Waals surface area (Å²) in [7, 11) is 3.26. The molecule has 0 spiro atoms. The van der Waals surface area contributed by atoms with Crippen LogP contribution in [0.5, 0.6) is 11.5 Å². The van der Waals surface area contributed by atoms with E-state index < -0.39 is 0 Å². The maximum atomic E-state index is 12.5. The summed E-state index contributed by atoms with van der Waals surface area (Å²) in [6, 6.07) is 5.89. The number of methoxy groups -OCH3 is 2. The van der Waals surface area contributed by atoms with E-state index in [1.807, 2.05) is 30.0 Å². The lowest BCUT2D eigenvalue weighted by molar-refractivity contribution is -0.133. The highest BCUT2D eigenvalue weighted by Gasteiger charge is 2.25. The molecule has 0 aliphatic carbocycles. The molecule has 1 heterocycles. The van der Waals surface area contributed by atoms with Crippen molar-refractivity contribution in [3.05, 3.63) is 23.8 Å². The predicted octanol–water partition coefficient (Wildman–Crippen LogP) is 2.64. The van der Waals surface area contributed by atoms with Crippen LogP contribution in [0.15, 0.2) is 18.2 Å². The molecule has 1 saturated heterocycles. The largest absolute Gasteiger partial charge is 0.497 e. The SMILES string of the molecule is COc1cc(CCC(=O)N2CCCC(C(C)N)C2)cc(OC)c1.Cl. The van der Waals surface area contributed by atoms with Gasteiger partial charge in [0.2, 0.25) is 5.91 Å². The number of amides is 1. The molecule has 0 bridgehead atoms. The number of ether oxygens (including phenoxy) is 2. The third kappa shape index (κ3) is 5.56. The van der Waals surface area contributed by atoms with E-state index in [0.29, 0.717) is 18.8 Å². The van der Waals surface area contributed by atoms with E-state index in [-0.39, 0.29) is 24.4 Å². The van der Waals surface area contributed by atoms with Crippen molar-refractivity contribution in [1.29, 1.82) is 0 Å². The minimum Gasteiger partial charge on any atom is -0.497 e. The Hall–Kier alpha value is -1.46. The number of hydrogen-bond donors (Lipinski definition) is 1. The maximum Gasteiger partial charge on any atom is 0.222 e. The molecule has 2 atom stereocenters. The monoisotopic (exact) mass is 356 g/mol. The van der Waals surface area contributed by atoms with Gasteiger partial charge in [0.1, 0.15) is 11.5 Å². The molecular weight excluding hydrogens is 328 g/mol. The van der Waals surface area contributed by atoms with Crippen molar-refractivity contribution in [2.75, 3.05) is 27.3 Å². The Balaban J connectivity index is 0.00000288. The fraction of sp³-hybridized carbons (Fsp3) is 0.611. The first-order chi connectivity index (χ1) is 11.0. The first kappa shape index (κ1) is 20.6. The maximum absolute atomic E-state index is 12.5. The van der Waals surface area contributed by atoms with E-state index in [9.17, 15) is 4.79 Å². The number of aryl methyl sites for hydroxylation is 1. The van der Waals surface area contributed by atoms with Crippen LogP contribution in [-0.2, 0) is 11.2 Å². The molecular formula is C18H29ClN2O3. The van der Waals surface area contributed by atoms with Gasteiger partial charge in [-0.1, -0.05) is 0 Å². The summed E-state index contributed by atoms with van der Waals surface area (Å²) in [5, 5.41) is 0. The topological polar surface area (TPSA) is 64.8 Å². The average molecular weight is 357 g/mol. The zero-order chi connectivity index (χ0) is 16.8. The van der Waals surface area contributed by atoms with Gasteiger partial charge in [0.05, 0.1) is 14.2 Å². The van der Waals surface area contributed by atoms with Gasteiger partial charge in [-0.3, -0.25) is 4.79 Å². The molecule has 0 saturated carbocycles. The van der Waals surface area contributed by atoms with E-state index in [2.05, 4.69) is 0 Å². The molecule has 6 heteroatoms. The molecule has 2 rings (SSSR count). The van der Waals surface area contributed by atoms with Gasteiger partial charge in [0.25, 0.3) is 0 Å². The highest BCUT2D eigenvalue weighted by Crippen LogP contribution is 2.24. The van der Waals surface area contributed by atoms with E-state index in [1.54, 1.807) is 14.2 Å². The zero-order valence-electron chi connectivity index (χ0n) is 14.8. The molecule has 0 radical (unpaired) electrons. The summed E-state index contributed by atoms with van der Waals surface area (Å²) < 4.78 is 10.5. The molecule has 0 aromatic heterocycles. The standard InChI is InChI=1S/C18H28N2O3.ClH/c1-13(19)15-5-4-8-20(12-15)18(21)7-6-14-9-16(22-2)11-17(10-14)23-3;/h9-11,13,15H,4-8,12,19H2,1-3H3;1H. The normalized spacial score (nSPS) is 18.5. The third-order valence-electron chi connectivity index (χ3n) is 4.59. The van der Waals surface area contributed by atoms with E-state index in [1.165, 1.54) is 0 Å². The van der Waals surface area contributed by atoms with Crippen molar-refractivity contribution in [2.24, 2.45) is 11.7 Å². The molecule has 5 nitrogen and oxygen atoms in total. The Labute approximate surface area is 150 Å². The van der Waals surface area contributed by atoms with Crippen molar-refractivity contribution in [1.82, 2.24) is 4.90 Å². The van der Waals surface area contributed by atoms with Crippen molar-refractivity contribution >= 4 is 18.3 Å². The molecule has 1 aromatic carbocycles. The van der Waals surface area contributed by atoms with Gasteiger partial charge in [0.15, 0.2) is 0 Å². The molecule has 1 aromatic rings. The van der Waals surface area contributed by atoms with Crippen molar-refractivity contribution < 1.29 is 14.3 Å².